The van der Waals surface area contributed by atoms with Gasteiger partial charge in [-0.2, -0.15) is 9.29 Å². The second-order valence-electron chi connectivity index (χ2n) is 19.2. The number of allylic oxidation sites excluding steroid dienone is 7. The number of hydrogen-bond acceptors (Lipinski definition) is 16. The van der Waals surface area contributed by atoms with Crippen LogP contribution in [0.4, 0.5) is 5.82 Å². The van der Waals surface area contributed by atoms with Crippen molar-refractivity contribution < 1.29 is 71.4 Å². The molecule has 0 spiro atoms. The molecule has 7 N–H and O–H groups in total. The molecule has 1 aromatic rings. The molecule has 424 valence electrons. The topological polar surface area (TPSA) is 286 Å². The zero-order valence-corrected chi connectivity index (χ0v) is 46.2. The lowest BCUT2D eigenvalue weighted by Crippen LogP contribution is -2.36. The van der Waals surface area contributed by atoms with Crippen LogP contribution in [0.3, 0.4) is 0 Å². The smallest absolute Gasteiger partial charge is 0.462 e. The first kappa shape index (κ1) is 66.8. The number of aromatic nitrogens is 2. The molecule has 2 rings (SSSR count). The van der Waals surface area contributed by atoms with Crippen LogP contribution in [0.25, 0.3) is 0 Å². The Bertz CT molecular complexity index is 1960. The van der Waals surface area contributed by atoms with E-state index >= 15 is 0 Å². The number of nitrogens with two attached hydrogens (primary N) is 1. The predicted molar refractivity (Wildman–Crippen MR) is 285 cm³/mol. The van der Waals surface area contributed by atoms with E-state index in [9.17, 15) is 48.6 Å². The van der Waals surface area contributed by atoms with Gasteiger partial charge in [-0.05, 0) is 56.9 Å². The number of anilines is 1. The van der Waals surface area contributed by atoms with E-state index in [0.29, 0.717) is 6.42 Å². The molecular weight excluding hydrogens is 997 g/mol. The molecule has 0 aromatic carbocycles. The zero-order valence-electron chi connectivity index (χ0n) is 44.4. The molecule has 1 saturated heterocycles. The summed E-state index contributed by atoms with van der Waals surface area (Å²) in [4.78, 5) is 62.0. The number of aliphatic hydroxyl groups is 3. The SMILES string of the molecule is CCCCC/C=C\C/C=C\C/C=C\C=C\[C@@H](O)CCCC(=O)OC[C@H](COP(=O)(O)OP(=O)(O)OC[C@H]1O[C@@H](n2ccc(N)nc2=O)[C@H](O)[C@@H]1O)OC(=O)CCCCCCCCCCCCCCCCC(C)CC. The molecule has 0 radical (unpaired) electrons. The van der Waals surface area contributed by atoms with Crippen LogP contribution in [-0.4, -0.2) is 96.9 Å². The maximum absolute atomic E-state index is 12.9. The van der Waals surface area contributed by atoms with Gasteiger partial charge in [0.05, 0.1) is 19.3 Å². The molecule has 0 amide bonds. The third kappa shape index (κ3) is 32.3. The Morgan fingerprint density at radius 1 is 0.757 bits per heavy atom. The molecule has 3 unspecified atom stereocenters. The lowest BCUT2D eigenvalue weighted by molar-refractivity contribution is -0.161. The van der Waals surface area contributed by atoms with Crippen molar-refractivity contribution in [3.8, 4) is 0 Å². The lowest BCUT2D eigenvalue weighted by Gasteiger charge is -2.21. The van der Waals surface area contributed by atoms with Gasteiger partial charge in [0.25, 0.3) is 0 Å². The van der Waals surface area contributed by atoms with Gasteiger partial charge >= 0.3 is 33.3 Å². The van der Waals surface area contributed by atoms with E-state index < -0.39 is 89.8 Å². The summed E-state index contributed by atoms with van der Waals surface area (Å²) in [6.07, 6.45) is 33.5. The highest BCUT2D eigenvalue weighted by atomic mass is 31.3. The molecule has 0 bridgehead atoms. The molecule has 74 heavy (non-hydrogen) atoms. The fourth-order valence-corrected chi connectivity index (χ4v) is 10.0. The molecule has 19 nitrogen and oxygen atoms in total. The molecule has 1 fully saturated rings. The van der Waals surface area contributed by atoms with E-state index in [1.807, 2.05) is 12.2 Å². The maximum atomic E-state index is 12.9. The summed E-state index contributed by atoms with van der Waals surface area (Å²) >= 11 is 0. The molecular formula is C53H91N3O16P2. The van der Waals surface area contributed by atoms with Crippen LogP contribution >= 0.6 is 15.6 Å². The van der Waals surface area contributed by atoms with Gasteiger partial charge in [0, 0.05) is 19.0 Å². The maximum Gasteiger partial charge on any atom is 0.481 e. The van der Waals surface area contributed by atoms with E-state index in [1.54, 1.807) is 12.2 Å². The highest BCUT2D eigenvalue weighted by molar-refractivity contribution is 7.61. The largest absolute Gasteiger partial charge is 0.481 e. The number of phosphoric acid groups is 2. The van der Waals surface area contributed by atoms with Crippen LogP contribution in [0, 0.1) is 5.92 Å². The standard InChI is InChI=1S/C53H91N3O16P2/c1-4-6-7-8-9-10-11-14-18-21-24-27-30-34-44(57)35-32-37-48(58)67-40-45(70-49(59)36-31-28-25-22-19-16-13-12-15-17-20-23-26-29-33-43(3)5-2)41-68-73(63,64)72-74(65,66)69-42-46-50(60)51(61)52(71-46)56-39-38-47(54)55-53(56)62/h9-10,14,18,24,27,30,34,38-39,43-46,50-52,57,60-61H,4-8,11-13,15-17,19-23,25-26,28-29,31-33,35-37,40-42H2,1-3H3,(H,63,64)(H,65,66)(H2,54,55,62)/b10-9-,18-14-,27-24-,34-30+/t43?,44-,45-,46-,50-,51-,52-/m1/s1. The summed E-state index contributed by atoms with van der Waals surface area (Å²) in [6, 6.07) is 1.24. The van der Waals surface area contributed by atoms with E-state index in [0.717, 1.165) is 61.6 Å². The van der Waals surface area contributed by atoms with Gasteiger partial charge in [0.1, 0.15) is 30.7 Å². The van der Waals surface area contributed by atoms with Crippen molar-refractivity contribution in [3.63, 3.8) is 0 Å². The van der Waals surface area contributed by atoms with Crippen molar-refractivity contribution in [2.45, 2.75) is 224 Å². The average Bonchev–Trinajstić information content (AvgIpc) is 3.63. The number of nitrogen functional groups attached to an aromatic ring is 1. The normalized spacial score (nSPS) is 20.1. The van der Waals surface area contributed by atoms with E-state index in [2.05, 4.69) is 54.4 Å². The minimum atomic E-state index is -5.46. The van der Waals surface area contributed by atoms with Crippen LogP contribution in [0.15, 0.2) is 65.7 Å². The van der Waals surface area contributed by atoms with E-state index in [4.69, 9.17) is 29.0 Å². The highest BCUT2D eigenvalue weighted by Crippen LogP contribution is 2.60. The van der Waals surface area contributed by atoms with Crippen molar-refractivity contribution in [1.82, 2.24) is 9.55 Å². The van der Waals surface area contributed by atoms with Gasteiger partial charge < -0.3 is 45.1 Å². The number of ether oxygens (including phenoxy) is 3. The number of rotatable bonds is 44. The molecule has 2 heterocycles. The number of hydrogen-bond donors (Lipinski definition) is 6. The number of nitrogens with zero attached hydrogens (tertiary/aromatic N) is 2. The Balaban J connectivity index is 1.83. The van der Waals surface area contributed by atoms with Gasteiger partial charge in [0.2, 0.25) is 0 Å². The number of aliphatic hydroxyl groups excluding tert-OH is 3. The van der Waals surface area contributed by atoms with Crippen LogP contribution in [-0.2, 0) is 46.3 Å². The lowest BCUT2D eigenvalue weighted by atomic mass is 9.99. The Morgan fingerprint density at radius 3 is 1.99 bits per heavy atom. The van der Waals surface area contributed by atoms with E-state index in [1.165, 1.54) is 96.0 Å². The van der Waals surface area contributed by atoms with Crippen LogP contribution in [0.5, 0.6) is 0 Å². The molecule has 9 atom stereocenters. The highest BCUT2D eigenvalue weighted by Gasteiger charge is 2.46. The predicted octanol–water partition coefficient (Wildman–Crippen LogP) is 10.6. The summed E-state index contributed by atoms with van der Waals surface area (Å²) in [5.41, 5.74) is 4.58. The monoisotopic (exact) mass is 1090 g/mol. The van der Waals surface area contributed by atoms with Gasteiger partial charge in [0.15, 0.2) is 12.3 Å². The summed E-state index contributed by atoms with van der Waals surface area (Å²) in [6.45, 7) is 4.31. The number of carbonyl (C=O) groups is 2. The fourth-order valence-electron chi connectivity index (χ4n) is 7.92. The molecule has 0 saturated carbocycles. The summed E-state index contributed by atoms with van der Waals surface area (Å²) in [5, 5.41) is 31.3. The number of esters is 2. The second-order valence-corrected chi connectivity index (χ2v) is 22.2. The Labute approximate surface area is 440 Å². The Hall–Kier alpha value is -3.32. The number of unbranched alkanes of at least 4 members (excludes halogenated alkanes) is 16. The number of carbonyl (C=O) groups excluding carboxylic acids is 2. The zero-order chi connectivity index (χ0) is 54.5. The molecule has 1 aliphatic rings. The van der Waals surface area contributed by atoms with Gasteiger partial charge in [-0.25, -0.2) is 13.9 Å². The van der Waals surface area contributed by atoms with Crippen molar-refractivity contribution in [1.29, 1.82) is 0 Å². The molecule has 1 aliphatic heterocycles. The van der Waals surface area contributed by atoms with Crippen molar-refractivity contribution >= 4 is 33.4 Å². The van der Waals surface area contributed by atoms with Crippen LogP contribution < -0.4 is 11.4 Å². The minimum absolute atomic E-state index is 0.0112. The number of phosphoric ester groups is 2. The summed E-state index contributed by atoms with van der Waals surface area (Å²) in [5.74, 6) is -0.667. The average molecular weight is 1090 g/mol. The summed E-state index contributed by atoms with van der Waals surface area (Å²) in [7, 11) is -10.9. The third-order valence-electron chi connectivity index (χ3n) is 12.6. The quantitative estimate of drug-likeness (QED) is 0.0116. The third-order valence-corrected chi connectivity index (χ3v) is 15.2. The van der Waals surface area contributed by atoms with Crippen LogP contribution in [0.1, 0.15) is 194 Å². The first-order valence-electron chi connectivity index (χ1n) is 27.2. The van der Waals surface area contributed by atoms with E-state index in [-0.39, 0.29) is 31.5 Å². The Morgan fingerprint density at radius 2 is 1.35 bits per heavy atom. The minimum Gasteiger partial charge on any atom is -0.462 e. The van der Waals surface area contributed by atoms with Gasteiger partial charge in [-0.15, -0.1) is 0 Å². The van der Waals surface area contributed by atoms with Gasteiger partial charge in [-0.3, -0.25) is 23.2 Å². The van der Waals surface area contributed by atoms with Crippen molar-refractivity contribution in [3.05, 3.63) is 71.4 Å². The fraction of sp³-hybridized carbons (Fsp3) is 0.736. The second kappa shape index (κ2) is 40.0. The first-order chi connectivity index (χ1) is 35.5. The first-order valence-corrected chi connectivity index (χ1v) is 30.1. The summed E-state index contributed by atoms with van der Waals surface area (Å²) < 4.78 is 56.7. The molecule has 21 heteroatoms. The molecule has 0 aliphatic carbocycles. The van der Waals surface area contributed by atoms with Crippen LogP contribution in [0.2, 0.25) is 0 Å². The van der Waals surface area contributed by atoms with Crippen molar-refractivity contribution in [2.75, 3.05) is 25.6 Å². The Kier molecular flexibility index (Phi) is 36.1. The van der Waals surface area contributed by atoms with Crippen molar-refractivity contribution in [2.24, 2.45) is 5.92 Å². The molecule has 1 aromatic heterocycles. The van der Waals surface area contributed by atoms with Gasteiger partial charge in [-0.1, -0.05) is 179 Å².